The summed E-state index contributed by atoms with van der Waals surface area (Å²) < 4.78 is 5.56. The van der Waals surface area contributed by atoms with Crippen molar-refractivity contribution in [2.45, 2.75) is 33.3 Å². The summed E-state index contributed by atoms with van der Waals surface area (Å²) in [5.74, 6) is 0.402. The van der Waals surface area contributed by atoms with Crippen LogP contribution in [0, 0.1) is 16.0 Å². The van der Waals surface area contributed by atoms with Gasteiger partial charge in [-0.05, 0) is 28.3 Å². The number of hydrogen-bond acceptors (Lipinski definition) is 5. The Kier molecular flexibility index (Phi) is 3.87. The van der Waals surface area contributed by atoms with Crippen LogP contribution in [0.1, 0.15) is 27.2 Å². The van der Waals surface area contributed by atoms with E-state index in [2.05, 4.69) is 4.98 Å². The molecule has 0 saturated carbocycles. The Bertz CT molecular complexity index is 544. The highest BCUT2D eigenvalue weighted by atomic mass is 16.6. The fourth-order valence-corrected chi connectivity index (χ4v) is 2.09. The smallest absolute Gasteiger partial charge is 0.366 e. The number of amides is 1. The van der Waals surface area contributed by atoms with E-state index in [0.717, 1.165) is 0 Å². The Morgan fingerprint density at radius 2 is 2.20 bits per heavy atom. The third kappa shape index (κ3) is 2.56. The number of anilines is 1. The zero-order chi connectivity index (χ0) is 14.9. The second kappa shape index (κ2) is 5.44. The van der Waals surface area contributed by atoms with Crippen molar-refractivity contribution in [2.24, 2.45) is 5.92 Å². The molecule has 0 spiro atoms. The minimum atomic E-state index is -0.579. The molecular formula is C13H17N3O4. The Morgan fingerprint density at radius 3 is 2.75 bits per heavy atom. The number of ether oxygens (including phenoxy) is 1. The number of carbonyl (C=O) groups is 1. The maximum atomic E-state index is 12.3. The van der Waals surface area contributed by atoms with E-state index < -0.39 is 11.0 Å². The largest absolute Gasteiger partial charge is 0.474 e. The monoisotopic (exact) mass is 279 g/mol. The van der Waals surface area contributed by atoms with Crippen molar-refractivity contribution < 1.29 is 14.5 Å². The molecule has 0 aliphatic carbocycles. The van der Waals surface area contributed by atoms with Gasteiger partial charge in [0.05, 0.1) is 0 Å². The van der Waals surface area contributed by atoms with Crippen molar-refractivity contribution in [3.8, 4) is 5.75 Å². The number of carbonyl (C=O) groups excluding carboxylic acids is 1. The SMILES string of the molecule is CCC1Oc2ccc([N+](=O)[O-])nc2N(CC(C)C)C1=O. The molecule has 0 saturated heterocycles. The van der Waals surface area contributed by atoms with Gasteiger partial charge in [0.15, 0.2) is 11.9 Å². The summed E-state index contributed by atoms with van der Waals surface area (Å²) in [5.41, 5.74) is 0. The average molecular weight is 279 g/mol. The minimum absolute atomic E-state index is 0.193. The molecule has 0 N–H and O–H groups in total. The highest BCUT2D eigenvalue weighted by Gasteiger charge is 2.38. The van der Waals surface area contributed by atoms with Crippen LogP contribution in [-0.4, -0.2) is 28.5 Å². The number of nitro groups is 1. The van der Waals surface area contributed by atoms with Crippen molar-refractivity contribution in [1.29, 1.82) is 0 Å². The first-order valence-corrected chi connectivity index (χ1v) is 6.57. The van der Waals surface area contributed by atoms with E-state index in [4.69, 9.17) is 4.74 Å². The first-order valence-electron chi connectivity index (χ1n) is 6.57. The zero-order valence-corrected chi connectivity index (χ0v) is 11.7. The van der Waals surface area contributed by atoms with Crippen LogP contribution in [0.15, 0.2) is 12.1 Å². The summed E-state index contributed by atoms with van der Waals surface area (Å²) in [4.78, 5) is 28.0. The molecule has 1 unspecified atom stereocenters. The molecule has 1 aromatic heterocycles. The maximum Gasteiger partial charge on any atom is 0.366 e. The molecule has 0 fully saturated rings. The molecule has 7 heteroatoms. The average Bonchev–Trinajstić information content (AvgIpc) is 2.40. The van der Waals surface area contributed by atoms with Gasteiger partial charge in [-0.2, -0.15) is 0 Å². The molecule has 1 aliphatic rings. The molecule has 20 heavy (non-hydrogen) atoms. The van der Waals surface area contributed by atoms with Gasteiger partial charge in [0.25, 0.3) is 11.7 Å². The van der Waals surface area contributed by atoms with Gasteiger partial charge in [0, 0.05) is 12.6 Å². The van der Waals surface area contributed by atoms with Gasteiger partial charge in [-0.3, -0.25) is 9.69 Å². The highest BCUT2D eigenvalue weighted by Crippen LogP contribution is 2.35. The van der Waals surface area contributed by atoms with Gasteiger partial charge >= 0.3 is 5.82 Å². The Labute approximate surface area is 116 Å². The van der Waals surface area contributed by atoms with E-state index in [0.29, 0.717) is 18.7 Å². The quantitative estimate of drug-likeness (QED) is 0.622. The lowest BCUT2D eigenvalue weighted by Crippen LogP contribution is -2.47. The molecule has 0 bridgehead atoms. The molecule has 0 radical (unpaired) electrons. The molecule has 2 heterocycles. The molecule has 1 aromatic rings. The van der Waals surface area contributed by atoms with Crippen molar-refractivity contribution in [1.82, 2.24) is 4.98 Å². The number of pyridine rings is 1. The zero-order valence-electron chi connectivity index (χ0n) is 11.7. The fraction of sp³-hybridized carbons (Fsp3) is 0.538. The predicted molar refractivity (Wildman–Crippen MR) is 72.8 cm³/mol. The van der Waals surface area contributed by atoms with E-state index in [1.54, 1.807) is 0 Å². The lowest BCUT2D eigenvalue weighted by molar-refractivity contribution is -0.389. The van der Waals surface area contributed by atoms with Crippen molar-refractivity contribution in [3.63, 3.8) is 0 Å². The first-order chi connectivity index (χ1) is 9.43. The van der Waals surface area contributed by atoms with E-state index in [1.165, 1.54) is 17.0 Å². The topological polar surface area (TPSA) is 85.6 Å². The van der Waals surface area contributed by atoms with E-state index in [9.17, 15) is 14.9 Å². The molecule has 108 valence electrons. The number of aromatic nitrogens is 1. The summed E-state index contributed by atoms with van der Waals surface area (Å²) in [6.07, 6.45) is -0.00589. The molecule has 1 amide bonds. The lowest BCUT2D eigenvalue weighted by Gasteiger charge is -2.31. The van der Waals surface area contributed by atoms with Crippen LogP contribution in [-0.2, 0) is 4.79 Å². The lowest BCUT2D eigenvalue weighted by atomic mass is 10.1. The van der Waals surface area contributed by atoms with Crippen LogP contribution in [0.4, 0.5) is 11.6 Å². The first kappa shape index (κ1) is 14.2. The molecule has 1 aliphatic heterocycles. The second-order valence-electron chi connectivity index (χ2n) is 5.11. The van der Waals surface area contributed by atoms with Gasteiger partial charge in [0.1, 0.15) is 0 Å². The van der Waals surface area contributed by atoms with Crippen molar-refractivity contribution in [3.05, 3.63) is 22.2 Å². The molecule has 1 atom stereocenters. The Morgan fingerprint density at radius 1 is 1.50 bits per heavy atom. The summed E-state index contributed by atoms with van der Waals surface area (Å²) in [6, 6.07) is 2.79. The van der Waals surface area contributed by atoms with Gasteiger partial charge in [-0.25, -0.2) is 0 Å². The third-order valence-corrected chi connectivity index (χ3v) is 3.00. The van der Waals surface area contributed by atoms with Gasteiger partial charge in [-0.15, -0.1) is 0 Å². The van der Waals surface area contributed by atoms with Crippen LogP contribution in [0.25, 0.3) is 0 Å². The molecule has 7 nitrogen and oxygen atoms in total. The van der Waals surface area contributed by atoms with Gasteiger partial charge < -0.3 is 14.9 Å². The van der Waals surface area contributed by atoms with Crippen molar-refractivity contribution in [2.75, 3.05) is 11.4 Å². The summed E-state index contributed by atoms with van der Waals surface area (Å²) in [5, 5.41) is 10.8. The second-order valence-corrected chi connectivity index (χ2v) is 5.11. The normalized spacial score (nSPS) is 17.9. The number of rotatable bonds is 4. The van der Waals surface area contributed by atoms with Crippen LogP contribution in [0.3, 0.4) is 0 Å². The van der Waals surface area contributed by atoms with Gasteiger partial charge in [0.2, 0.25) is 0 Å². The summed E-state index contributed by atoms with van der Waals surface area (Å²) in [6.45, 7) is 6.27. The number of hydrogen-bond donors (Lipinski definition) is 0. The Balaban J connectivity index is 2.47. The molecule has 0 aromatic carbocycles. The Hall–Kier alpha value is -2.18. The van der Waals surface area contributed by atoms with Crippen LogP contribution >= 0.6 is 0 Å². The van der Waals surface area contributed by atoms with E-state index >= 15 is 0 Å². The minimum Gasteiger partial charge on any atom is -0.474 e. The standard InChI is InChI=1S/C13H17N3O4/c1-4-9-13(17)15(7-8(2)3)12-10(20-9)5-6-11(14-12)16(18)19/h5-6,8-9H,4,7H2,1-3H3. The van der Waals surface area contributed by atoms with E-state index in [-0.39, 0.29) is 23.5 Å². The number of fused-ring (bicyclic) bond motifs is 1. The third-order valence-electron chi connectivity index (χ3n) is 3.00. The van der Waals surface area contributed by atoms with Gasteiger partial charge in [-0.1, -0.05) is 20.8 Å². The van der Waals surface area contributed by atoms with E-state index in [1.807, 2.05) is 20.8 Å². The highest BCUT2D eigenvalue weighted by molar-refractivity contribution is 5.99. The van der Waals surface area contributed by atoms with Crippen LogP contribution in [0.5, 0.6) is 5.75 Å². The summed E-state index contributed by atoms with van der Waals surface area (Å²) >= 11 is 0. The predicted octanol–water partition coefficient (Wildman–Crippen LogP) is 2.15. The molecule has 2 rings (SSSR count). The number of nitrogens with zero attached hydrogens (tertiary/aromatic N) is 3. The van der Waals surface area contributed by atoms with Crippen molar-refractivity contribution >= 4 is 17.5 Å². The molecular weight excluding hydrogens is 262 g/mol. The summed E-state index contributed by atoms with van der Waals surface area (Å²) in [7, 11) is 0. The maximum absolute atomic E-state index is 12.3. The van der Waals surface area contributed by atoms with Crippen LogP contribution < -0.4 is 9.64 Å². The van der Waals surface area contributed by atoms with Crippen LogP contribution in [0.2, 0.25) is 0 Å². The fourth-order valence-electron chi connectivity index (χ4n) is 2.09.